The third-order valence-electron chi connectivity index (χ3n) is 5.83. The maximum Gasteiger partial charge on any atom is 0.276 e. The molecule has 0 radical (unpaired) electrons. The van der Waals surface area contributed by atoms with Gasteiger partial charge >= 0.3 is 0 Å². The molecule has 1 aliphatic carbocycles. The number of carbonyl (C=O) groups is 1. The molecule has 7 nitrogen and oxygen atoms in total. The third kappa shape index (κ3) is 4.37. The van der Waals surface area contributed by atoms with Crippen LogP contribution < -0.4 is 10.2 Å². The normalized spacial score (nSPS) is 20.9. The fraction of sp³-hybridized carbons (Fsp3) is 0.600. The van der Waals surface area contributed by atoms with E-state index in [9.17, 15) is 18.5 Å². The van der Waals surface area contributed by atoms with Gasteiger partial charge in [0.15, 0.2) is 6.54 Å². The lowest BCUT2D eigenvalue weighted by Crippen LogP contribution is -3.16. The molecular formula is C20H29N4O3S+. The van der Waals surface area contributed by atoms with Crippen LogP contribution in [0.2, 0.25) is 0 Å². The number of hydrogen-bond acceptors (Lipinski definition) is 4. The molecule has 1 saturated carbocycles. The summed E-state index contributed by atoms with van der Waals surface area (Å²) in [5, 5.41) is 12.3. The molecule has 8 heteroatoms. The molecule has 3 rings (SSSR count). The van der Waals surface area contributed by atoms with E-state index in [0.29, 0.717) is 31.1 Å². The number of nitriles is 1. The predicted octanol–water partition coefficient (Wildman–Crippen LogP) is 0.00112. The largest absolute Gasteiger partial charge is 0.333 e. The lowest BCUT2D eigenvalue weighted by molar-refractivity contribution is -0.895. The smallest absolute Gasteiger partial charge is 0.276 e. The van der Waals surface area contributed by atoms with E-state index in [4.69, 9.17) is 0 Å². The molecule has 1 amide bonds. The summed E-state index contributed by atoms with van der Waals surface area (Å²) >= 11 is 0. The van der Waals surface area contributed by atoms with Crippen LogP contribution in [-0.4, -0.2) is 56.9 Å². The van der Waals surface area contributed by atoms with E-state index in [1.54, 1.807) is 13.0 Å². The molecular weight excluding hydrogens is 376 g/mol. The average molecular weight is 406 g/mol. The number of amides is 1. The highest BCUT2D eigenvalue weighted by molar-refractivity contribution is 7.89. The molecule has 28 heavy (non-hydrogen) atoms. The van der Waals surface area contributed by atoms with Gasteiger partial charge in [-0.1, -0.05) is 12.1 Å². The van der Waals surface area contributed by atoms with Crippen molar-refractivity contribution in [2.24, 2.45) is 5.92 Å². The average Bonchev–Trinajstić information content (AvgIpc) is 3.49. The van der Waals surface area contributed by atoms with Crippen LogP contribution in [0.3, 0.4) is 0 Å². The van der Waals surface area contributed by atoms with E-state index in [2.05, 4.69) is 11.4 Å². The number of quaternary nitrogens is 1. The minimum Gasteiger partial charge on any atom is -0.333 e. The van der Waals surface area contributed by atoms with E-state index in [-0.39, 0.29) is 18.4 Å². The van der Waals surface area contributed by atoms with Gasteiger partial charge in [0.2, 0.25) is 10.0 Å². The van der Waals surface area contributed by atoms with Crippen molar-refractivity contribution >= 4 is 15.9 Å². The summed E-state index contributed by atoms with van der Waals surface area (Å²) in [5.74, 6) is 0.104. The van der Waals surface area contributed by atoms with E-state index in [1.165, 1.54) is 4.31 Å². The molecule has 2 aliphatic rings. The van der Waals surface area contributed by atoms with Crippen molar-refractivity contribution in [2.45, 2.75) is 44.0 Å². The van der Waals surface area contributed by atoms with E-state index in [0.717, 1.165) is 28.9 Å². The first-order valence-electron chi connectivity index (χ1n) is 9.79. The number of aryl methyl sites for hydroxylation is 2. The Kier molecular flexibility index (Phi) is 5.80. The summed E-state index contributed by atoms with van der Waals surface area (Å²) in [6, 6.07) is 7.70. The lowest BCUT2D eigenvalue weighted by Gasteiger charge is -2.32. The predicted molar refractivity (Wildman–Crippen MR) is 105 cm³/mol. The van der Waals surface area contributed by atoms with E-state index >= 15 is 0 Å². The number of rotatable bonds is 6. The second-order valence-electron chi connectivity index (χ2n) is 8.24. The van der Waals surface area contributed by atoms with Gasteiger partial charge in [-0.25, -0.2) is 8.42 Å². The SMILES string of the molecule is Cc1ccc(C)c(S(=O)(=O)N2CC[NH+](CC(=O)N[C@@](C)(C#N)C3CC3)CC2)c1. The highest BCUT2D eigenvalue weighted by Gasteiger charge is 2.43. The molecule has 1 heterocycles. The number of sulfonamides is 1. The number of hydrogen-bond donors (Lipinski definition) is 2. The Morgan fingerprint density at radius 2 is 1.96 bits per heavy atom. The Bertz CT molecular complexity index is 897. The summed E-state index contributed by atoms with van der Waals surface area (Å²) in [5.41, 5.74) is 0.877. The van der Waals surface area contributed by atoms with Gasteiger partial charge in [0.1, 0.15) is 5.54 Å². The molecule has 1 atom stereocenters. The van der Waals surface area contributed by atoms with Gasteiger partial charge in [-0.15, -0.1) is 0 Å². The van der Waals surface area contributed by atoms with Crippen LogP contribution >= 0.6 is 0 Å². The molecule has 1 aromatic carbocycles. The minimum atomic E-state index is -3.53. The highest BCUT2D eigenvalue weighted by atomic mass is 32.2. The number of carbonyl (C=O) groups excluding carboxylic acids is 1. The molecule has 0 bridgehead atoms. The zero-order valence-electron chi connectivity index (χ0n) is 16.8. The molecule has 2 fully saturated rings. The van der Waals surface area contributed by atoms with E-state index in [1.807, 2.05) is 26.0 Å². The Labute approximate surface area is 167 Å². The first kappa shape index (κ1) is 20.8. The van der Waals surface area contributed by atoms with Gasteiger partial charge in [0.25, 0.3) is 5.91 Å². The van der Waals surface area contributed by atoms with Gasteiger partial charge in [-0.05, 0) is 56.7 Å². The first-order valence-corrected chi connectivity index (χ1v) is 11.2. The van der Waals surface area contributed by atoms with Crippen LogP contribution in [0.25, 0.3) is 0 Å². The summed E-state index contributed by atoms with van der Waals surface area (Å²) in [6.07, 6.45) is 1.96. The summed E-state index contributed by atoms with van der Waals surface area (Å²) in [4.78, 5) is 13.8. The molecule has 0 unspecified atom stereocenters. The topological polar surface area (TPSA) is 94.7 Å². The summed E-state index contributed by atoms with van der Waals surface area (Å²) in [7, 11) is -3.53. The Hall–Kier alpha value is -1.95. The molecule has 0 spiro atoms. The monoisotopic (exact) mass is 405 g/mol. The summed E-state index contributed by atoms with van der Waals surface area (Å²) < 4.78 is 27.5. The lowest BCUT2D eigenvalue weighted by atomic mass is 9.98. The van der Waals surface area contributed by atoms with E-state index < -0.39 is 15.6 Å². The van der Waals surface area contributed by atoms with Crippen LogP contribution in [0, 0.1) is 31.1 Å². The fourth-order valence-electron chi connectivity index (χ4n) is 3.79. The Morgan fingerprint density at radius 3 is 2.54 bits per heavy atom. The number of piperazine rings is 1. The third-order valence-corrected chi connectivity index (χ3v) is 7.87. The summed E-state index contributed by atoms with van der Waals surface area (Å²) in [6.45, 7) is 7.66. The van der Waals surface area contributed by atoms with Gasteiger partial charge < -0.3 is 10.2 Å². The van der Waals surface area contributed by atoms with Crippen molar-refractivity contribution in [2.75, 3.05) is 32.7 Å². The van der Waals surface area contributed by atoms with Crippen molar-refractivity contribution in [3.8, 4) is 6.07 Å². The van der Waals surface area contributed by atoms with Crippen LogP contribution in [0.15, 0.2) is 23.1 Å². The number of nitrogens with zero attached hydrogens (tertiary/aromatic N) is 2. The molecule has 1 saturated heterocycles. The number of benzene rings is 1. The molecule has 1 aromatic rings. The van der Waals surface area contributed by atoms with Gasteiger partial charge in [0, 0.05) is 0 Å². The Balaban J connectivity index is 1.58. The fourth-order valence-corrected chi connectivity index (χ4v) is 5.54. The van der Waals surface area contributed by atoms with Crippen molar-refractivity contribution in [3.05, 3.63) is 29.3 Å². The molecule has 152 valence electrons. The standard InChI is InChI=1S/C20H28N4O3S/c1-15-4-5-16(2)18(12-15)28(26,27)24-10-8-23(9-11-24)13-19(25)22-20(3,14-21)17-6-7-17/h4-5,12,17H,6-11,13H2,1-3H3,(H,22,25)/p+1/t20-/m0/s1. The quantitative estimate of drug-likeness (QED) is 0.697. The maximum atomic E-state index is 13.0. The number of nitrogens with one attached hydrogen (secondary N) is 2. The van der Waals surface area contributed by atoms with Crippen LogP contribution in [-0.2, 0) is 14.8 Å². The van der Waals surface area contributed by atoms with Crippen LogP contribution in [0.1, 0.15) is 30.9 Å². The van der Waals surface area contributed by atoms with Crippen molar-refractivity contribution in [3.63, 3.8) is 0 Å². The maximum absolute atomic E-state index is 13.0. The first-order chi connectivity index (χ1) is 13.2. The second-order valence-corrected chi connectivity index (χ2v) is 10.1. The van der Waals surface area contributed by atoms with Crippen LogP contribution in [0.4, 0.5) is 0 Å². The van der Waals surface area contributed by atoms with Gasteiger partial charge in [-0.2, -0.15) is 9.57 Å². The minimum absolute atomic E-state index is 0.142. The zero-order valence-corrected chi connectivity index (χ0v) is 17.6. The van der Waals surface area contributed by atoms with Gasteiger partial charge in [0.05, 0.1) is 37.1 Å². The van der Waals surface area contributed by atoms with Crippen molar-refractivity contribution in [1.82, 2.24) is 9.62 Å². The second kappa shape index (κ2) is 7.82. The van der Waals surface area contributed by atoms with Crippen LogP contribution in [0.5, 0.6) is 0 Å². The zero-order chi connectivity index (χ0) is 20.5. The van der Waals surface area contributed by atoms with Crippen molar-refractivity contribution < 1.29 is 18.1 Å². The van der Waals surface area contributed by atoms with Crippen molar-refractivity contribution in [1.29, 1.82) is 5.26 Å². The Morgan fingerprint density at radius 1 is 1.32 bits per heavy atom. The molecule has 2 N–H and O–H groups in total. The molecule has 0 aromatic heterocycles. The molecule has 1 aliphatic heterocycles. The highest BCUT2D eigenvalue weighted by Crippen LogP contribution is 2.39. The van der Waals surface area contributed by atoms with Gasteiger partial charge in [-0.3, -0.25) is 4.79 Å².